The smallest absolute Gasteiger partial charge is 0.251 e. The van der Waals surface area contributed by atoms with E-state index in [-0.39, 0.29) is 11.9 Å². The van der Waals surface area contributed by atoms with Crippen LogP contribution in [0.15, 0.2) is 24.3 Å². The second kappa shape index (κ2) is 6.75. The van der Waals surface area contributed by atoms with Crippen LogP contribution >= 0.6 is 0 Å². The Morgan fingerprint density at radius 1 is 1.35 bits per heavy atom. The number of carbonyl (C=O) groups is 1. The van der Waals surface area contributed by atoms with Gasteiger partial charge in [0.1, 0.15) is 5.75 Å². The van der Waals surface area contributed by atoms with E-state index in [9.17, 15) is 4.79 Å². The normalized spacial score (nSPS) is 16.0. The van der Waals surface area contributed by atoms with Gasteiger partial charge in [0.15, 0.2) is 0 Å². The van der Waals surface area contributed by atoms with Crippen LogP contribution in [0.4, 0.5) is 0 Å². The first-order chi connectivity index (χ1) is 9.56. The highest BCUT2D eigenvalue weighted by Gasteiger charge is 2.28. The Bertz CT molecular complexity index is 438. The Labute approximate surface area is 120 Å². The third-order valence-electron chi connectivity index (χ3n) is 3.43. The summed E-state index contributed by atoms with van der Waals surface area (Å²) in [4.78, 5) is 12.0. The zero-order valence-corrected chi connectivity index (χ0v) is 12.3. The number of benzene rings is 1. The van der Waals surface area contributed by atoms with Crippen molar-refractivity contribution in [3.05, 3.63) is 29.8 Å². The van der Waals surface area contributed by atoms with Crippen LogP contribution in [-0.2, 0) is 0 Å². The molecule has 0 spiro atoms. The molecule has 0 aromatic heterocycles. The van der Waals surface area contributed by atoms with Gasteiger partial charge < -0.3 is 15.8 Å². The molecule has 0 aliphatic heterocycles. The van der Waals surface area contributed by atoms with Gasteiger partial charge in [0.05, 0.1) is 6.61 Å². The fourth-order valence-corrected chi connectivity index (χ4v) is 1.97. The van der Waals surface area contributed by atoms with E-state index < -0.39 is 0 Å². The van der Waals surface area contributed by atoms with Crippen LogP contribution in [0.1, 0.15) is 37.0 Å². The van der Waals surface area contributed by atoms with Gasteiger partial charge in [0, 0.05) is 18.2 Å². The molecule has 1 saturated carbocycles. The average Bonchev–Trinajstić information content (AvgIpc) is 3.27. The number of nitrogens with two attached hydrogens (primary N) is 1. The van der Waals surface area contributed by atoms with Crippen molar-refractivity contribution in [2.45, 2.75) is 32.7 Å². The largest absolute Gasteiger partial charge is 0.493 e. The maximum absolute atomic E-state index is 12.0. The minimum atomic E-state index is -0.0727. The van der Waals surface area contributed by atoms with Crippen molar-refractivity contribution in [3.8, 4) is 5.75 Å². The van der Waals surface area contributed by atoms with Gasteiger partial charge in [-0.25, -0.2) is 0 Å². The number of hydrogen-bond acceptors (Lipinski definition) is 3. The molecule has 1 atom stereocenters. The van der Waals surface area contributed by atoms with Crippen LogP contribution in [0.5, 0.6) is 5.75 Å². The molecule has 4 heteroatoms. The lowest BCUT2D eigenvalue weighted by atomic mass is 10.1. The van der Waals surface area contributed by atoms with Crippen LogP contribution in [0.2, 0.25) is 0 Å². The molecule has 0 bridgehead atoms. The molecule has 1 unspecified atom stereocenters. The summed E-state index contributed by atoms with van der Waals surface area (Å²) in [7, 11) is 0. The molecule has 0 radical (unpaired) electrons. The molecular formula is C16H24N2O2. The monoisotopic (exact) mass is 276 g/mol. The first-order valence-electron chi connectivity index (χ1n) is 7.33. The fraction of sp³-hybridized carbons (Fsp3) is 0.562. The van der Waals surface area contributed by atoms with E-state index in [1.54, 1.807) is 12.1 Å². The fourth-order valence-electron chi connectivity index (χ4n) is 1.97. The van der Waals surface area contributed by atoms with Crippen LogP contribution in [-0.4, -0.2) is 25.1 Å². The third kappa shape index (κ3) is 4.53. The summed E-state index contributed by atoms with van der Waals surface area (Å²) >= 11 is 0. The number of hydrogen-bond donors (Lipinski definition) is 2. The van der Waals surface area contributed by atoms with E-state index in [2.05, 4.69) is 19.2 Å². The molecule has 1 fully saturated rings. The molecule has 1 aromatic carbocycles. The first-order valence-corrected chi connectivity index (χ1v) is 7.33. The highest BCUT2D eigenvalue weighted by atomic mass is 16.5. The number of carbonyl (C=O) groups excluding carboxylic acids is 1. The first kappa shape index (κ1) is 14.9. The lowest BCUT2D eigenvalue weighted by Gasteiger charge is -2.12. The Morgan fingerprint density at radius 2 is 2.00 bits per heavy atom. The Kier molecular flexibility index (Phi) is 5.01. The van der Waals surface area contributed by atoms with Crippen molar-refractivity contribution in [2.75, 3.05) is 13.2 Å². The average molecular weight is 276 g/mol. The number of amides is 1. The van der Waals surface area contributed by atoms with Gasteiger partial charge in [-0.1, -0.05) is 13.8 Å². The molecule has 4 nitrogen and oxygen atoms in total. The van der Waals surface area contributed by atoms with Crippen molar-refractivity contribution in [1.29, 1.82) is 0 Å². The molecule has 3 N–H and O–H groups in total. The van der Waals surface area contributed by atoms with E-state index >= 15 is 0 Å². The maximum Gasteiger partial charge on any atom is 0.251 e. The van der Waals surface area contributed by atoms with Gasteiger partial charge in [0.25, 0.3) is 5.91 Å². The van der Waals surface area contributed by atoms with Crippen LogP contribution in [0.25, 0.3) is 0 Å². The summed E-state index contributed by atoms with van der Waals surface area (Å²) in [6.07, 6.45) is 2.39. The van der Waals surface area contributed by atoms with Crippen molar-refractivity contribution in [3.63, 3.8) is 0 Å². The highest BCUT2D eigenvalue weighted by Crippen LogP contribution is 2.31. The summed E-state index contributed by atoms with van der Waals surface area (Å²) in [5.74, 6) is 1.81. The third-order valence-corrected chi connectivity index (χ3v) is 3.43. The predicted octanol–water partition coefficient (Wildman–Crippen LogP) is 2.19. The van der Waals surface area contributed by atoms with E-state index in [0.717, 1.165) is 5.75 Å². The van der Waals surface area contributed by atoms with E-state index in [0.29, 0.717) is 30.6 Å². The SMILES string of the molecule is CC(C)COc1ccc(C(=O)NCC(N)C2CC2)cc1. The van der Waals surface area contributed by atoms with Crippen LogP contribution in [0, 0.1) is 11.8 Å². The van der Waals surface area contributed by atoms with Crippen LogP contribution < -0.4 is 15.8 Å². The maximum atomic E-state index is 12.0. The minimum absolute atomic E-state index is 0.0727. The van der Waals surface area contributed by atoms with Gasteiger partial charge in [0.2, 0.25) is 0 Å². The minimum Gasteiger partial charge on any atom is -0.493 e. The molecule has 1 aromatic rings. The van der Waals surface area contributed by atoms with E-state index in [1.165, 1.54) is 12.8 Å². The molecule has 1 aliphatic carbocycles. The molecule has 20 heavy (non-hydrogen) atoms. The molecular weight excluding hydrogens is 252 g/mol. The van der Waals surface area contributed by atoms with Crippen molar-refractivity contribution in [2.24, 2.45) is 17.6 Å². The van der Waals surface area contributed by atoms with Gasteiger partial charge >= 0.3 is 0 Å². The number of ether oxygens (including phenoxy) is 1. The molecule has 0 heterocycles. The summed E-state index contributed by atoms with van der Waals surface area (Å²) in [5.41, 5.74) is 6.61. The molecule has 0 saturated heterocycles. The van der Waals surface area contributed by atoms with Crippen molar-refractivity contribution >= 4 is 5.91 Å². The lowest BCUT2D eigenvalue weighted by molar-refractivity contribution is 0.0950. The molecule has 110 valence electrons. The Morgan fingerprint density at radius 3 is 2.55 bits per heavy atom. The predicted molar refractivity (Wildman–Crippen MR) is 79.8 cm³/mol. The second-order valence-corrected chi connectivity index (χ2v) is 5.94. The Balaban J connectivity index is 1.80. The standard InChI is InChI=1S/C16H24N2O2/c1-11(2)10-20-14-7-5-13(6-8-14)16(19)18-9-15(17)12-3-4-12/h5-8,11-12,15H,3-4,9-10,17H2,1-2H3,(H,18,19). The topological polar surface area (TPSA) is 64.3 Å². The molecule has 1 amide bonds. The van der Waals surface area contributed by atoms with Gasteiger partial charge in [-0.2, -0.15) is 0 Å². The molecule has 1 aliphatic rings. The highest BCUT2D eigenvalue weighted by molar-refractivity contribution is 5.94. The summed E-state index contributed by atoms with van der Waals surface area (Å²) < 4.78 is 5.59. The Hall–Kier alpha value is -1.55. The summed E-state index contributed by atoms with van der Waals surface area (Å²) in [6, 6.07) is 7.32. The van der Waals surface area contributed by atoms with E-state index in [1.807, 2.05) is 12.1 Å². The number of nitrogens with one attached hydrogen (secondary N) is 1. The quantitative estimate of drug-likeness (QED) is 0.802. The van der Waals surface area contributed by atoms with Gasteiger partial charge in [-0.05, 0) is 48.9 Å². The van der Waals surface area contributed by atoms with Crippen molar-refractivity contribution in [1.82, 2.24) is 5.32 Å². The van der Waals surface area contributed by atoms with E-state index in [4.69, 9.17) is 10.5 Å². The van der Waals surface area contributed by atoms with Gasteiger partial charge in [-0.3, -0.25) is 4.79 Å². The summed E-state index contributed by atoms with van der Waals surface area (Å²) in [5, 5.41) is 2.88. The second-order valence-electron chi connectivity index (χ2n) is 5.94. The summed E-state index contributed by atoms with van der Waals surface area (Å²) in [6.45, 7) is 5.44. The zero-order valence-electron chi connectivity index (χ0n) is 12.3. The van der Waals surface area contributed by atoms with Gasteiger partial charge in [-0.15, -0.1) is 0 Å². The van der Waals surface area contributed by atoms with Crippen molar-refractivity contribution < 1.29 is 9.53 Å². The van der Waals surface area contributed by atoms with Crippen LogP contribution in [0.3, 0.4) is 0 Å². The zero-order chi connectivity index (χ0) is 14.5. The lowest BCUT2D eigenvalue weighted by Crippen LogP contribution is -2.38. The number of rotatable bonds is 7. The molecule has 2 rings (SSSR count).